The fourth-order valence-electron chi connectivity index (χ4n) is 1.29. The van der Waals surface area contributed by atoms with Gasteiger partial charge in [0.05, 0.1) is 0 Å². The minimum absolute atomic E-state index is 1.12. The molecule has 0 aliphatic rings. The molecule has 1 aromatic rings. The normalized spacial score (nSPS) is 10.2. The van der Waals surface area contributed by atoms with Crippen LogP contribution in [-0.4, -0.2) is 5.33 Å². The molecule has 1 aromatic carbocycles. The predicted molar refractivity (Wildman–Crippen MR) is 57.9 cm³/mol. The molecule has 0 amide bonds. The molecule has 0 fully saturated rings. The number of unbranched alkanes of at least 4 members (excludes halogenated alkanes) is 1. The third-order valence-corrected chi connectivity index (χ3v) is 2.49. The van der Waals surface area contributed by atoms with Crippen LogP contribution in [0.1, 0.15) is 24.0 Å². The van der Waals surface area contributed by atoms with Crippen molar-refractivity contribution in [3.8, 4) is 0 Å². The molecule has 0 saturated heterocycles. The van der Waals surface area contributed by atoms with E-state index in [4.69, 9.17) is 0 Å². The van der Waals surface area contributed by atoms with Gasteiger partial charge in [0.1, 0.15) is 0 Å². The van der Waals surface area contributed by atoms with Crippen LogP contribution in [0.4, 0.5) is 0 Å². The highest BCUT2D eigenvalue weighted by molar-refractivity contribution is 9.09. The monoisotopic (exact) mass is 226 g/mol. The molecular formula is C11H15Br. The van der Waals surface area contributed by atoms with Crippen molar-refractivity contribution >= 4 is 15.9 Å². The van der Waals surface area contributed by atoms with E-state index in [0.717, 1.165) is 5.33 Å². The molecule has 0 aliphatic heterocycles. The number of alkyl halides is 1. The second kappa shape index (κ2) is 5.36. The van der Waals surface area contributed by atoms with Gasteiger partial charge in [-0.1, -0.05) is 45.8 Å². The fourth-order valence-corrected chi connectivity index (χ4v) is 1.69. The first-order valence-corrected chi connectivity index (χ1v) is 5.56. The van der Waals surface area contributed by atoms with Crippen LogP contribution in [-0.2, 0) is 6.42 Å². The average molecular weight is 227 g/mol. The molecule has 0 unspecified atom stereocenters. The lowest BCUT2D eigenvalue weighted by atomic mass is 10.1. The Labute approximate surface area is 83.1 Å². The zero-order valence-electron chi connectivity index (χ0n) is 7.52. The van der Waals surface area contributed by atoms with Gasteiger partial charge in [-0.3, -0.25) is 0 Å². The molecule has 0 aliphatic carbocycles. The molecule has 0 atom stereocenters. The molecule has 0 N–H and O–H groups in total. The first kappa shape index (κ1) is 9.79. The average Bonchev–Trinajstić information content (AvgIpc) is 2.05. The van der Waals surface area contributed by atoms with Gasteiger partial charge in [-0.05, 0) is 31.7 Å². The Morgan fingerprint density at radius 1 is 1.25 bits per heavy atom. The third-order valence-electron chi connectivity index (χ3n) is 1.93. The van der Waals surface area contributed by atoms with Crippen molar-refractivity contribution in [2.75, 3.05) is 5.33 Å². The SMILES string of the molecule is Cc1cccc(CCCCBr)c1. The van der Waals surface area contributed by atoms with E-state index in [1.807, 2.05) is 0 Å². The summed E-state index contributed by atoms with van der Waals surface area (Å²) in [4.78, 5) is 0. The van der Waals surface area contributed by atoms with Gasteiger partial charge in [0.25, 0.3) is 0 Å². The number of aryl methyl sites for hydroxylation is 2. The van der Waals surface area contributed by atoms with E-state index in [1.165, 1.54) is 30.4 Å². The summed E-state index contributed by atoms with van der Waals surface area (Å²) in [5.41, 5.74) is 2.84. The van der Waals surface area contributed by atoms with Crippen molar-refractivity contribution in [3.63, 3.8) is 0 Å². The molecule has 66 valence electrons. The van der Waals surface area contributed by atoms with Gasteiger partial charge in [0, 0.05) is 5.33 Å². The Balaban J connectivity index is 2.41. The number of hydrogen-bond donors (Lipinski definition) is 0. The summed E-state index contributed by atoms with van der Waals surface area (Å²) in [7, 11) is 0. The smallest absolute Gasteiger partial charge is 0.00314 e. The zero-order chi connectivity index (χ0) is 8.81. The van der Waals surface area contributed by atoms with E-state index >= 15 is 0 Å². The first-order valence-electron chi connectivity index (χ1n) is 4.44. The van der Waals surface area contributed by atoms with Crippen molar-refractivity contribution in [2.24, 2.45) is 0 Å². The number of rotatable bonds is 4. The van der Waals surface area contributed by atoms with Crippen LogP contribution in [0, 0.1) is 6.92 Å². The highest BCUT2D eigenvalue weighted by Crippen LogP contribution is 2.08. The quantitative estimate of drug-likeness (QED) is 0.543. The lowest BCUT2D eigenvalue weighted by molar-refractivity contribution is 0.805. The summed E-state index contributed by atoms with van der Waals surface area (Å²) in [5.74, 6) is 0. The summed E-state index contributed by atoms with van der Waals surface area (Å²) < 4.78 is 0. The molecular weight excluding hydrogens is 212 g/mol. The van der Waals surface area contributed by atoms with E-state index in [0.29, 0.717) is 0 Å². The molecule has 0 aromatic heterocycles. The highest BCUT2D eigenvalue weighted by atomic mass is 79.9. The van der Waals surface area contributed by atoms with Crippen molar-refractivity contribution in [1.82, 2.24) is 0 Å². The standard InChI is InChI=1S/C11H15Br/c1-10-5-4-7-11(9-10)6-2-3-8-12/h4-5,7,9H,2-3,6,8H2,1H3. The molecule has 0 radical (unpaired) electrons. The Kier molecular flexibility index (Phi) is 4.37. The van der Waals surface area contributed by atoms with E-state index in [9.17, 15) is 0 Å². The molecule has 12 heavy (non-hydrogen) atoms. The van der Waals surface area contributed by atoms with Gasteiger partial charge in [-0.2, -0.15) is 0 Å². The van der Waals surface area contributed by atoms with Crippen LogP contribution in [0.15, 0.2) is 24.3 Å². The van der Waals surface area contributed by atoms with Crippen molar-refractivity contribution in [1.29, 1.82) is 0 Å². The summed E-state index contributed by atoms with van der Waals surface area (Å²) >= 11 is 3.44. The lowest BCUT2D eigenvalue weighted by Crippen LogP contribution is -1.86. The minimum atomic E-state index is 1.12. The predicted octanol–water partition coefficient (Wildman–Crippen LogP) is 3.71. The van der Waals surface area contributed by atoms with Gasteiger partial charge < -0.3 is 0 Å². The summed E-state index contributed by atoms with van der Waals surface area (Å²) in [6.07, 6.45) is 3.77. The lowest BCUT2D eigenvalue weighted by Gasteiger charge is -2.00. The second-order valence-electron chi connectivity index (χ2n) is 3.14. The Morgan fingerprint density at radius 2 is 2.08 bits per heavy atom. The zero-order valence-corrected chi connectivity index (χ0v) is 9.10. The van der Waals surface area contributed by atoms with Gasteiger partial charge in [-0.25, -0.2) is 0 Å². The second-order valence-corrected chi connectivity index (χ2v) is 3.93. The Bertz CT molecular complexity index is 230. The van der Waals surface area contributed by atoms with Crippen LogP contribution in [0.3, 0.4) is 0 Å². The Hall–Kier alpha value is -0.300. The van der Waals surface area contributed by atoms with E-state index in [1.54, 1.807) is 0 Å². The molecule has 1 rings (SSSR count). The summed E-state index contributed by atoms with van der Waals surface area (Å²) in [6, 6.07) is 8.77. The van der Waals surface area contributed by atoms with Crippen LogP contribution in [0.25, 0.3) is 0 Å². The van der Waals surface area contributed by atoms with Crippen LogP contribution >= 0.6 is 15.9 Å². The molecule has 0 nitrogen and oxygen atoms in total. The maximum atomic E-state index is 3.44. The summed E-state index contributed by atoms with van der Waals surface area (Å²) in [5, 5.41) is 1.12. The molecule has 0 saturated carbocycles. The maximum Gasteiger partial charge on any atom is 0.00314 e. The molecule has 0 spiro atoms. The minimum Gasteiger partial charge on any atom is -0.0928 e. The summed E-state index contributed by atoms with van der Waals surface area (Å²) in [6.45, 7) is 2.15. The highest BCUT2D eigenvalue weighted by Gasteiger charge is 1.92. The van der Waals surface area contributed by atoms with Crippen molar-refractivity contribution in [2.45, 2.75) is 26.2 Å². The first-order chi connectivity index (χ1) is 5.83. The largest absolute Gasteiger partial charge is 0.0928 e. The van der Waals surface area contributed by atoms with Gasteiger partial charge >= 0.3 is 0 Å². The van der Waals surface area contributed by atoms with Crippen molar-refractivity contribution in [3.05, 3.63) is 35.4 Å². The third kappa shape index (κ3) is 3.40. The topological polar surface area (TPSA) is 0 Å². The van der Waals surface area contributed by atoms with Gasteiger partial charge in [0.2, 0.25) is 0 Å². The van der Waals surface area contributed by atoms with Crippen LogP contribution in [0.2, 0.25) is 0 Å². The number of benzene rings is 1. The van der Waals surface area contributed by atoms with Crippen molar-refractivity contribution < 1.29 is 0 Å². The van der Waals surface area contributed by atoms with E-state index in [-0.39, 0.29) is 0 Å². The van der Waals surface area contributed by atoms with Crippen LogP contribution in [0.5, 0.6) is 0 Å². The van der Waals surface area contributed by atoms with Crippen LogP contribution < -0.4 is 0 Å². The molecule has 0 bridgehead atoms. The van der Waals surface area contributed by atoms with Gasteiger partial charge in [-0.15, -0.1) is 0 Å². The van der Waals surface area contributed by atoms with Gasteiger partial charge in [0.15, 0.2) is 0 Å². The van der Waals surface area contributed by atoms with E-state index in [2.05, 4.69) is 47.1 Å². The number of hydrogen-bond acceptors (Lipinski definition) is 0. The Morgan fingerprint density at radius 3 is 2.75 bits per heavy atom. The maximum absolute atomic E-state index is 3.44. The number of halogens is 1. The fraction of sp³-hybridized carbons (Fsp3) is 0.455. The molecule has 0 heterocycles. The van der Waals surface area contributed by atoms with E-state index < -0.39 is 0 Å². The molecule has 1 heteroatoms.